The Morgan fingerprint density at radius 2 is 2.00 bits per heavy atom. The predicted octanol–water partition coefficient (Wildman–Crippen LogP) is 0.0572. The van der Waals surface area contributed by atoms with E-state index in [0.29, 0.717) is 32.0 Å². The van der Waals surface area contributed by atoms with Crippen LogP contribution in [0.15, 0.2) is 35.3 Å². The average molecular weight is 405 g/mol. The molecule has 1 aromatic rings. The van der Waals surface area contributed by atoms with Crippen LogP contribution in [0.25, 0.3) is 0 Å². The van der Waals surface area contributed by atoms with Crippen molar-refractivity contribution in [3.05, 3.63) is 35.9 Å². The topological polar surface area (TPSA) is 141 Å². The first-order chi connectivity index (χ1) is 14.0. The second-order valence-corrected chi connectivity index (χ2v) is 6.55. The van der Waals surface area contributed by atoms with Gasteiger partial charge in [-0.05, 0) is 24.8 Å². The summed E-state index contributed by atoms with van der Waals surface area (Å²) in [6, 6.07) is 9.18. The number of benzene rings is 1. The summed E-state index contributed by atoms with van der Waals surface area (Å²) in [4.78, 5) is 38.7. The molecule has 1 heterocycles. The predicted molar refractivity (Wildman–Crippen MR) is 106 cm³/mol. The van der Waals surface area contributed by atoms with Gasteiger partial charge in [-0.3, -0.25) is 14.9 Å². The third-order valence-electron chi connectivity index (χ3n) is 4.27. The van der Waals surface area contributed by atoms with Crippen LogP contribution >= 0.6 is 0 Å². The van der Waals surface area contributed by atoms with Gasteiger partial charge in [0.15, 0.2) is 0 Å². The highest BCUT2D eigenvalue weighted by Gasteiger charge is 2.29. The molecule has 5 N–H and O–H groups in total. The van der Waals surface area contributed by atoms with Gasteiger partial charge in [0.25, 0.3) is 0 Å². The van der Waals surface area contributed by atoms with Gasteiger partial charge in [0.1, 0.15) is 6.54 Å². The third-order valence-corrected chi connectivity index (χ3v) is 4.27. The molecule has 0 radical (unpaired) electrons. The van der Waals surface area contributed by atoms with Crippen molar-refractivity contribution in [2.75, 3.05) is 26.2 Å². The number of carbonyl (C=O) groups is 3. The monoisotopic (exact) mass is 405 g/mol. The van der Waals surface area contributed by atoms with E-state index in [1.165, 1.54) is 0 Å². The summed E-state index contributed by atoms with van der Waals surface area (Å²) in [7, 11) is 0. The zero-order valence-corrected chi connectivity index (χ0v) is 16.3. The van der Waals surface area contributed by atoms with Crippen molar-refractivity contribution in [2.45, 2.75) is 25.9 Å². The molecule has 0 saturated carbocycles. The van der Waals surface area contributed by atoms with Gasteiger partial charge in [-0.15, -0.1) is 0 Å². The van der Waals surface area contributed by atoms with Crippen molar-refractivity contribution < 1.29 is 24.2 Å². The van der Waals surface area contributed by atoms with Crippen LogP contribution in [0.3, 0.4) is 0 Å². The molecule has 1 aliphatic rings. The smallest absolute Gasteiger partial charge is 0.413 e. The molecule has 0 bridgehead atoms. The Balaban J connectivity index is 1.87. The first-order valence-electron chi connectivity index (χ1n) is 9.46. The zero-order chi connectivity index (χ0) is 21.1. The minimum absolute atomic E-state index is 0.112. The summed E-state index contributed by atoms with van der Waals surface area (Å²) in [5.74, 6) is -1.01. The van der Waals surface area contributed by atoms with E-state index in [9.17, 15) is 14.4 Å². The minimum Gasteiger partial charge on any atom is -0.480 e. The Hall–Kier alpha value is -3.14. The molecule has 2 atom stereocenters. The molecule has 1 fully saturated rings. The molecule has 10 nitrogen and oxygen atoms in total. The van der Waals surface area contributed by atoms with Gasteiger partial charge >= 0.3 is 12.1 Å². The summed E-state index contributed by atoms with van der Waals surface area (Å²) in [6.07, 6.45) is -0.0496. The highest BCUT2D eigenvalue weighted by atomic mass is 16.5. The molecule has 2 amide bonds. The lowest BCUT2D eigenvalue weighted by atomic mass is 10.1. The third kappa shape index (κ3) is 8.18. The molecule has 0 aromatic heterocycles. The molecular formula is C19H27N5O5. The van der Waals surface area contributed by atoms with Gasteiger partial charge in [0.05, 0.1) is 19.2 Å². The number of aliphatic imine (C=N–C) groups is 1. The van der Waals surface area contributed by atoms with Crippen molar-refractivity contribution in [3.8, 4) is 0 Å². The highest BCUT2D eigenvalue weighted by Crippen LogP contribution is 2.13. The SMILES string of the molecule is CCOC(=O)NC(=NCc1ccccc1)NC[C@H]1CN[C@H](C(=O)NCC(=O)O)C1. The number of rotatable bonds is 8. The highest BCUT2D eigenvalue weighted by molar-refractivity contribution is 5.93. The lowest BCUT2D eigenvalue weighted by molar-refractivity contribution is -0.138. The molecule has 158 valence electrons. The molecule has 10 heteroatoms. The number of carbonyl (C=O) groups excluding carboxylic acids is 2. The Bertz CT molecular complexity index is 725. The van der Waals surface area contributed by atoms with Crippen LogP contribution in [-0.4, -0.2) is 61.3 Å². The minimum atomic E-state index is -1.08. The fourth-order valence-corrected chi connectivity index (χ4v) is 2.85. The number of alkyl carbamates (subject to hydrolysis) is 1. The summed E-state index contributed by atoms with van der Waals surface area (Å²) in [5.41, 5.74) is 0.996. The quantitative estimate of drug-likeness (QED) is 0.304. The Kier molecular flexibility index (Phi) is 8.90. The van der Waals surface area contributed by atoms with Crippen molar-refractivity contribution in [1.29, 1.82) is 0 Å². The van der Waals surface area contributed by atoms with Gasteiger partial charge in [-0.25, -0.2) is 9.79 Å². The van der Waals surface area contributed by atoms with Gasteiger partial charge in [-0.2, -0.15) is 0 Å². The molecule has 29 heavy (non-hydrogen) atoms. The Morgan fingerprint density at radius 1 is 1.24 bits per heavy atom. The second kappa shape index (κ2) is 11.6. The summed E-state index contributed by atoms with van der Waals surface area (Å²) in [5, 5.41) is 19.8. The van der Waals surface area contributed by atoms with Crippen LogP contribution in [0.5, 0.6) is 0 Å². The van der Waals surface area contributed by atoms with Gasteiger partial charge < -0.3 is 25.8 Å². The van der Waals surface area contributed by atoms with Crippen LogP contribution in [0.4, 0.5) is 4.79 Å². The van der Waals surface area contributed by atoms with E-state index in [1.54, 1.807) is 6.92 Å². The van der Waals surface area contributed by atoms with Crippen molar-refractivity contribution in [2.24, 2.45) is 10.9 Å². The van der Waals surface area contributed by atoms with E-state index in [1.807, 2.05) is 30.3 Å². The number of carboxylic acid groups (broad SMARTS) is 1. The number of ether oxygens (including phenoxy) is 1. The van der Waals surface area contributed by atoms with E-state index in [4.69, 9.17) is 9.84 Å². The summed E-state index contributed by atoms with van der Waals surface area (Å²) in [6.45, 7) is 3.02. The normalized spacial score (nSPS) is 18.7. The number of amides is 2. The summed E-state index contributed by atoms with van der Waals surface area (Å²) < 4.78 is 4.91. The van der Waals surface area contributed by atoms with Gasteiger partial charge in [-0.1, -0.05) is 30.3 Å². The van der Waals surface area contributed by atoms with Crippen LogP contribution in [0.1, 0.15) is 18.9 Å². The number of nitrogens with zero attached hydrogens (tertiary/aromatic N) is 1. The molecule has 2 rings (SSSR count). The first kappa shape index (κ1) is 22.2. The first-order valence-corrected chi connectivity index (χ1v) is 9.46. The molecule has 1 saturated heterocycles. The zero-order valence-electron chi connectivity index (χ0n) is 16.3. The van der Waals surface area contributed by atoms with Crippen LogP contribution in [-0.2, 0) is 20.9 Å². The summed E-state index contributed by atoms with van der Waals surface area (Å²) >= 11 is 0. The van der Waals surface area contributed by atoms with Gasteiger partial charge in [0.2, 0.25) is 11.9 Å². The molecule has 0 aliphatic carbocycles. The number of aliphatic carboxylic acids is 1. The fourth-order valence-electron chi connectivity index (χ4n) is 2.85. The van der Waals surface area contributed by atoms with E-state index >= 15 is 0 Å². The van der Waals surface area contributed by atoms with Crippen LogP contribution < -0.4 is 21.3 Å². The number of hydrogen-bond acceptors (Lipinski definition) is 6. The van der Waals surface area contributed by atoms with Gasteiger partial charge in [0, 0.05) is 13.1 Å². The molecule has 0 spiro atoms. The Labute approximate surface area is 169 Å². The molecule has 1 aromatic carbocycles. The Morgan fingerprint density at radius 3 is 2.69 bits per heavy atom. The van der Waals surface area contributed by atoms with Crippen molar-refractivity contribution in [1.82, 2.24) is 21.3 Å². The number of guanidine groups is 1. The van der Waals surface area contributed by atoms with Crippen LogP contribution in [0, 0.1) is 5.92 Å². The van der Waals surface area contributed by atoms with E-state index in [0.717, 1.165) is 5.56 Å². The number of carboxylic acids is 1. The number of nitrogens with one attached hydrogen (secondary N) is 4. The van der Waals surface area contributed by atoms with Crippen molar-refractivity contribution in [3.63, 3.8) is 0 Å². The molecule has 1 aliphatic heterocycles. The fraction of sp³-hybridized carbons (Fsp3) is 0.474. The lowest BCUT2D eigenvalue weighted by Gasteiger charge is -2.15. The van der Waals surface area contributed by atoms with E-state index < -0.39 is 24.6 Å². The van der Waals surface area contributed by atoms with E-state index in [-0.39, 0.29) is 18.4 Å². The maximum absolute atomic E-state index is 12.0. The maximum Gasteiger partial charge on any atom is 0.413 e. The molecular weight excluding hydrogens is 378 g/mol. The largest absolute Gasteiger partial charge is 0.480 e. The lowest BCUT2D eigenvalue weighted by Crippen LogP contribution is -2.43. The number of hydrogen-bond donors (Lipinski definition) is 5. The van der Waals surface area contributed by atoms with Crippen LogP contribution in [0.2, 0.25) is 0 Å². The second-order valence-electron chi connectivity index (χ2n) is 6.55. The average Bonchev–Trinajstić information content (AvgIpc) is 3.18. The molecule has 0 unspecified atom stereocenters. The van der Waals surface area contributed by atoms with Crippen molar-refractivity contribution >= 4 is 23.9 Å². The maximum atomic E-state index is 12.0. The van der Waals surface area contributed by atoms with E-state index in [2.05, 4.69) is 26.3 Å². The standard InChI is InChI=1S/C19H27N5O5/c1-2-29-19(28)24-18(22-9-13-6-4-3-5-7-13)23-11-14-8-15(20-10-14)17(27)21-12-16(25)26/h3-7,14-15,20H,2,8-12H2,1H3,(H,21,27)(H,25,26)(H2,22,23,24,28)/t14-,15+/m1/s1.